The van der Waals surface area contributed by atoms with Crippen molar-refractivity contribution in [3.63, 3.8) is 0 Å². The van der Waals surface area contributed by atoms with Crippen molar-refractivity contribution in [2.75, 3.05) is 6.54 Å². The summed E-state index contributed by atoms with van der Waals surface area (Å²) in [7, 11) is 0. The molecule has 0 aliphatic carbocycles. The van der Waals surface area contributed by atoms with Crippen LogP contribution in [0.4, 0.5) is 0 Å². The Hall–Kier alpha value is -1.43. The van der Waals surface area contributed by atoms with Gasteiger partial charge in [-0.15, -0.1) is 11.3 Å². The first-order chi connectivity index (χ1) is 9.60. The lowest BCUT2D eigenvalue weighted by molar-refractivity contribution is 0.0935. The summed E-state index contributed by atoms with van der Waals surface area (Å²) in [6.07, 6.45) is 0.699. The molecule has 0 saturated heterocycles. The van der Waals surface area contributed by atoms with E-state index in [9.17, 15) is 4.79 Å². The first kappa shape index (κ1) is 15.0. The molecule has 0 fully saturated rings. The third-order valence-corrected chi connectivity index (χ3v) is 4.02. The summed E-state index contributed by atoms with van der Waals surface area (Å²) in [5, 5.41) is 6.24. The highest BCUT2D eigenvalue weighted by atomic mass is 35.5. The molecule has 0 radical (unpaired) electrons. The molecule has 1 aromatic carbocycles. The number of carbonyl (C=O) groups is 1. The number of hydrogen-bond acceptors (Lipinski definition) is 4. The Morgan fingerprint density at radius 1 is 1.45 bits per heavy atom. The van der Waals surface area contributed by atoms with E-state index in [1.54, 1.807) is 5.38 Å². The van der Waals surface area contributed by atoms with Crippen LogP contribution in [0.15, 0.2) is 29.6 Å². The van der Waals surface area contributed by atoms with Crippen LogP contribution in [-0.4, -0.2) is 17.4 Å². The largest absolute Gasteiger partial charge is 0.344 e. The van der Waals surface area contributed by atoms with Crippen molar-refractivity contribution >= 4 is 28.8 Å². The van der Waals surface area contributed by atoms with E-state index >= 15 is 0 Å². The van der Waals surface area contributed by atoms with Gasteiger partial charge in [-0.05, 0) is 31.2 Å². The quantitative estimate of drug-likeness (QED) is 0.892. The van der Waals surface area contributed by atoms with E-state index in [0.717, 1.165) is 10.6 Å². The van der Waals surface area contributed by atoms with E-state index in [2.05, 4.69) is 10.3 Å². The molecule has 106 valence electrons. The smallest absolute Gasteiger partial charge is 0.271 e. The molecule has 20 heavy (non-hydrogen) atoms. The van der Waals surface area contributed by atoms with Crippen LogP contribution in [0.1, 0.15) is 34.0 Å². The van der Waals surface area contributed by atoms with Crippen molar-refractivity contribution in [3.8, 4) is 0 Å². The van der Waals surface area contributed by atoms with Gasteiger partial charge in [-0.1, -0.05) is 23.7 Å². The van der Waals surface area contributed by atoms with E-state index in [0.29, 0.717) is 23.7 Å². The molecule has 1 unspecified atom stereocenters. The maximum atomic E-state index is 12.1. The monoisotopic (exact) mass is 309 g/mol. The lowest BCUT2D eigenvalue weighted by Crippen LogP contribution is -2.26. The highest BCUT2D eigenvalue weighted by Gasteiger charge is 2.14. The molecule has 2 rings (SSSR count). The molecule has 0 aliphatic heterocycles. The number of nitrogens with one attached hydrogen (secondary N) is 1. The minimum atomic E-state index is -0.174. The lowest BCUT2D eigenvalue weighted by atomic mass is 10.1. The van der Waals surface area contributed by atoms with Gasteiger partial charge in [0.15, 0.2) is 0 Å². The number of nitrogens with zero attached hydrogens (tertiary/aromatic N) is 1. The van der Waals surface area contributed by atoms with Crippen LogP contribution in [0.2, 0.25) is 5.02 Å². The molecule has 0 bridgehead atoms. The van der Waals surface area contributed by atoms with Crippen LogP contribution in [-0.2, 0) is 6.42 Å². The minimum Gasteiger partial charge on any atom is -0.344 e. The topological polar surface area (TPSA) is 68.0 Å². The molecule has 1 heterocycles. The predicted molar refractivity (Wildman–Crippen MR) is 82.2 cm³/mol. The van der Waals surface area contributed by atoms with E-state index in [1.807, 2.05) is 31.2 Å². The molecule has 0 saturated carbocycles. The Kier molecular flexibility index (Phi) is 5.11. The van der Waals surface area contributed by atoms with Crippen LogP contribution in [0.3, 0.4) is 0 Å². The summed E-state index contributed by atoms with van der Waals surface area (Å²) in [6, 6.07) is 7.31. The van der Waals surface area contributed by atoms with Crippen molar-refractivity contribution in [3.05, 3.63) is 50.9 Å². The van der Waals surface area contributed by atoms with E-state index in [4.69, 9.17) is 17.3 Å². The van der Waals surface area contributed by atoms with Gasteiger partial charge in [-0.2, -0.15) is 0 Å². The fourth-order valence-electron chi connectivity index (χ4n) is 1.76. The molecule has 1 aromatic heterocycles. The molecular formula is C14H16ClN3OS. The van der Waals surface area contributed by atoms with Crippen molar-refractivity contribution < 1.29 is 4.79 Å². The summed E-state index contributed by atoms with van der Waals surface area (Å²) in [5.41, 5.74) is 6.91. The first-order valence-corrected chi connectivity index (χ1v) is 7.56. The molecule has 1 atom stereocenters. The Morgan fingerprint density at radius 2 is 2.15 bits per heavy atom. The van der Waals surface area contributed by atoms with Crippen LogP contribution in [0.5, 0.6) is 0 Å². The van der Waals surface area contributed by atoms with E-state index in [-0.39, 0.29) is 11.9 Å². The van der Waals surface area contributed by atoms with Crippen LogP contribution in [0.25, 0.3) is 0 Å². The fraction of sp³-hybridized carbons (Fsp3) is 0.286. The Labute approximate surface area is 127 Å². The van der Waals surface area contributed by atoms with Gasteiger partial charge in [-0.25, -0.2) is 4.98 Å². The average Bonchev–Trinajstić information content (AvgIpc) is 2.88. The first-order valence-electron chi connectivity index (χ1n) is 6.31. The molecular weight excluding hydrogens is 294 g/mol. The Bertz CT molecular complexity index is 582. The molecule has 1 amide bonds. The van der Waals surface area contributed by atoms with Gasteiger partial charge < -0.3 is 11.1 Å². The zero-order valence-electron chi connectivity index (χ0n) is 11.1. The molecule has 6 heteroatoms. The second-order valence-electron chi connectivity index (χ2n) is 4.41. The second kappa shape index (κ2) is 6.83. The zero-order chi connectivity index (χ0) is 14.5. The predicted octanol–water partition coefficient (Wildman–Crippen LogP) is 2.79. The van der Waals surface area contributed by atoms with Gasteiger partial charge >= 0.3 is 0 Å². The molecule has 4 nitrogen and oxygen atoms in total. The number of hydrogen-bond donors (Lipinski definition) is 2. The van der Waals surface area contributed by atoms with Gasteiger partial charge in [0.1, 0.15) is 5.69 Å². The summed E-state index contributed by atoms with van der Waals surface area (Å²) < 4.78 is 0. The number of aromatic nitrogens is 1. The molecule has 0 spiro atoms. The second-order valence-corrected chi connectivity index (χ2v) is 5.79. The zero-order valence-corrected chi connectivity index (χ0v) is 12.7. The van der Waals surface area contributed by atoms with Crippen LogP contribution in [0, 0.1) is 0 Å². The third-order valence-electron chi connectivity index (χ3n) is 2.86. The maximum absolute atomic E-state index is 12.1. The van der Waals surface area contributed by atoms with E-state index in [1.165, 1.54) is 11.3 Å². The number of amides is 1. The minimum absolute atomic E-state index is 0.0978. The van der Waals surface area contributed by atoms with Gasteiger partial charge in [0.05, 0.1) is 11.0 Å². The lowest BCUT2D eigenvalue weighted by Gasteiger charge is -2.13. The Balaban J connectivity index is 2.01. The van der Waals surface area contributed by atoms with Gasteiger partial charge in [0.2, 0.25) is 0 Å². The summed E-state index contributed by atoms with van der Waals surface area (Å²) in [5.74, 6) is -0.174. The van der Waals surface area contributed by atoms with E-state index < -0.39 is 0 Å². The van der Waals surface area contributed by atoms with Gasteiger partial charge in [-0.3, -0.25) is 4.79 Å². The standard InChI is InChI=1S/C14H16ClN3OS/c1-9(10-2-4-11(15)5-3-10)17-14(19)12-8-20-13(18-12)6-7-16/h2-5,8-9H,6-7,16H2,1H3,(H,17,19). The number of benzene rings is 1. The van der Waals surface area contributed by atoms with Crippen molar-refractivity contribution in [1.29, 1.82) is 0 Å². The highest BCUT2D eigenvalue weighted by Crippen LogP contribution is 2.17. The van der Waals surface area contributed by atoms with Crippen LogP contribution < -0.4 is 11.1 Å². The molecule has 0 aliphatic rings. The summed E-state index contributed by atoms with van der Waals surface area (Å²) in [6.45, 7) is 2.46. The maximum Gasteiger partial charge on any atom is 0.271 e. The molecule has 3 N–H and O–H groups in total. The average molecular weight is 310 g/mol. The van der Waals surface area contributed by atoms with Crippen molar-refractivity contribution in [2.45, 2.75) is 19.4 Å². The van der Waals surface area contributed by atoms with Crippen molar-refractivity contribution in [2.24, 2.45) is 5.73 Å². The summed E-state index contributed by atoms with van der Waals surface area (Å²) >= 11 is 7.30. The SMILES string of the molecule is CC(NC(=O)c1csc(CCN)n1)c1ccc(Cl)cc1. The number of rotatable bonds is 5. The van der Waals surface area contributed by atoms with Crippen LogP contribution >= 0.6 is 22.9 Å². The fourth-order valence-corrected chi connectivity index (χ4v) is 2.68. The molecule has 2 aromatic rings. The van der Waals surface area contributed by atoms with Crippen molar-refractivity contribution in [1.82, 2.24) is 10.3 Å². The highest BCUT2D eigenvalue weighted by molar-refractivity contribution is 7.09. The number of nitrogens with two attached hydrogens (primary N) is 1. The van der Waals surface area contributed by atoms with Gasteiger partial charge in [0, 0.05) is 16.8 Å². The number of carbonyl (C=O) groups excluding carboxylic acids is 1. The number of thiazole rings is 1. The Morgan fingerprint density at radius 3 is 2.80 bits per heavy atom. The number of halogens is 1. The summed E-state index contributed by atoms with van der Waals surface area (Å²) in [4.78, 5) is 16.4. The van der Waals surface area contributed by atoms with Gasteiger partial charge in [0.25, 0.3) is 5.91 Å². The normalized spacial score (nSPS) is 12.2. The third kappa shape index (κ3) is 3.79.